The number of amides is 1. The largest absolute Gasteiger partial charge is 0.472 e. The molecule has 0 aromatic heterocycles. The number of carbonyl (C=O) groups is 1. The average molecular weight is 291 g/mol. The summed E-state index contributed by atoms with van der Waals surface area (Å²) < 4.78 is 40.0. The molecule has 1 atom stereocenters. The molecule has 0 heterocycles. The summed E-state index contributed by atoms with van der Waals surface area (Å²) >= 11 is 0. The van der Waals surface area contributed by atoms with Crippen molar-refractivity contribution in [3.05, 3.63) is 0 Å². The number of carbonyl (C=O) groups excluding carboxylic acids is 1. The maximum absolute atomic E-state index is 11.7. The molecule has 0 aliphatic heterocycles. The van der Waals surface area contributed by atoms with Crippen molar-refractivity contribution in [3.63, 3.8) is 0 Å². The molecule has 0 radical (unpaired) electrons. The Kier molecular flexibility index (Phi) is 9.21. The molecule has 5 N–H and O–H groups in total. The molecular formula is C8H17F3N3O3P. The molecule has 0 saturated heterocycles. The first-order valence-corrected chi connectivity index (χ1v) is 6.54. The van der Waals surface area contributed by atoms with Gasteiger partial charge < -0.3 is 15.2 Å². The second-order valence-electron chi connectivity index (χ2n) is 3.37. The minimum Gasteiger partial charge on any atom is -0.337 e. The second kappa shape index (κ2) is 9.46. The third-order valence-corrected chi connectivity index (χ3v) is 2.56. The second-order valence-corrected chi connectivity index (χ2v) is 4.40. The molecule has 0 fully saturated rings. The van der Waals surface area contributed by atoms with E-state index in [-0.39, 0.29) is 6.61 Å². The Morgan fingerprint density at radius 1 is 1.28 bits per heavy atom. The Morgan fingerprint density at radius 3 is 2.44 bits per heavy atom. The predicted molar refractivity (Wildman–Crippen MR) is 59.9 cm³/mol. The fraction of sp³-hybridized carbons (Fsp3) is 0.875. The van der Waals surface area contributed by atoms with Crippen LogP contribution in [-0.4, -0.2) is 30.1 Å². The number of hydrazine groups is 1. The summed E-state index contributed by atoms with van der Waals surface area (Å²) in [5.41, 5.74) is 6.59. The molecule has 6 nitrogen and oxygen atoms in total. The zero-order valence-electron chi connectivity index (χ0n) is 9.66. The number of alkyl halides is 3. The summed E-state index contributed by atoms with van der Waals surface area (Å²) in [6.07, 6.45) is -1.65. The molecule has 0 bridgehead atoms. The van der Waals surface area contributed by atoms with Gasteiger partial charge in [0.15, 0.2) is 0 Å². The number of hydrogen-bond donors (Lipinski definition) is 4. The van der Waals surface area contributed by atoms with Crippen LogP contribution in [0.2, 0.25) is 0 Å². The van der Waals surface area contributed by atoms with Crippen LogP contribution in [0.3, 0.4) is 0 Å². The first-order chi connectivity index (χ1) is 8.38. The number of halogens is 3. The molecule has 0 saturated carbocycles. The molecule has 0 aliphatic carbocycles. The highest BCUT2D eigenvalue weighted by atomic mass is 31.2. The van der Waals surface area contributed by atoms with Gasteiger partial charge in [0, 0.05) is 0 Å². The van der Waals surface area contributed by atoms with Gasteiger partial charge in [-0.1, -0.05) is 12.8 Å². The molecule has 0 spiro atoms. The molecule has 0 aliphatic rings. The monoisotopic (exact) mass is 291 g/mol. The molecule has 1 amide bonds. The summed E-state index contributed by atoms with van der Waals surface area (Å²) in [4.78, 5) is 19.4. The van der Waals surface area contributed by atoms with E-state index >= 15 is 0 Å². The smallest absolute Gasteiger partial charge is 0.337 e. The van der Waals surface area contributed by atoms with Crippen LogP contribution in [0, 0.1) is 0 Å². The van der Waals surface area contributed by atoms with Crippen molar-refractivity contribution < 1.29 is 27.4 Å². The van der Waals surface area contributed by atoms with Gasteiger partial charge in [-0.05, 0) is 19.4 Å². The molecule has 0 rings (SSSR count). The summed E-state index contributed by atoms with van der Waals surface area (Å²) in [7, 11) is -2.29. The number of nitrogens with two attached hydrogens (primary N) is 1. The lowest BCUT2D eigenvalue weighted by atomic mass is 10.2. The standard InChI is InChI=1S/C8H17F3N3O3P/c9-8(10,11)7(15)13-14-18(16)17-6-4-2-1-3-5-12/h14,16H,1-6,12H2,(H,13,15). The number of rotatable bonds is 9. The number of nitrogens with one attached hydrogen (secondary N) is 2. The minimum absolute atomic E-state index is 0.196. The van der Waals surface area contributed by atoms with Crippen LogP contribution in [0.15, 0.2) is 0 Å². The number of unbranched alkanes of at least 4 members (excludes halogenated alkanes) is 3. The molecule has 0 aromatic rings. The summed E-state index contributed by atoms with van der Waals surface area (Å²) in [6.45, 7) is 0.806. The summed E-state index contributed by atoms with van der Waals surface area (Å²) in [5, 5.41) is 1.75. The first-order valence-electron chi connectivity index (χ1n) is 5.32. The Hall–Kier alpha value is -0.470. The molecule has 1 unspecified atom stereocenters. The predicted octanol–water partition coefficient (Wildman–Crippen LogP) is 0.924. The Balaban J connectivity index is 3.49. The third-order valence-electron chi connectivity index (χ3n) is 1.83. The van der Waals surface area contributed by atoms with Gasteiger partial charge >= 0.3 is 12.1 Å². The van der Waals surface area contributed by atoms with Crippen molar-refractivity contribution in [1.82, 2.24) is 10.6 Å². The quantitative estimate of drug-likeness (QED) is 0.288. The molecular weight excluding hydrogens is 274 g/mol. The lowest BCUT2D eigenvalue weighted by Crippen LogP contribution is -2.43. The van der Waals surface area contributed by atoms with Gasteiger partial charge in [0.2, 0.25) is 0 Å². The summed E-state index contributed by atoms with van der Waals surface area (Å²) in [5.74, 6) is -2.18. The van der Waals surface area contributed by atoms with E-state index in [0.29, 0.717) is 13.0 Å². The normalized spacial score (nSPS) is 13.4. The van der Waals surface area contributed by atoms with Crippen molar-refractivity contribution in [2.75, 3.05) is 13.2 Å². The third kappa shape index (κ3) is 9.55. The lowest BCUT2D eigenvalue weighted by Gasteiger charge is -2.13. The highest BCUT2D eigenvalue weighted by molar-refractivity contribution is 7.43. The Labute approximate surface area is 104 Å². The van der Waals surface area contributed by atoms with Crippen LogP contribution in [0.1, 0.15) is 25.7 Å². The first kappa shape index (κ1) is 17.5. The van der Waals surface area contributed by atoms with Crippen molar-refractivity contribution in [3.8, 4) is 0 Å². The summed E-state index contributed by atoms with van der Waals surface area (Å²) in [6, 6.07) is 0. The maximum atomic E-state index is 11.7. The van der Waals surface area contributed by atoms with Gasteiger partial charge in [-0.15, -0.1) is 0 Å². The van der Waals surface area contributed by atoms with Crippen molar-refractivity contribution in [2.45, 2.75) is 31.9 Å². The van der Waals surface area contributed by atoms with Crippen molar-refractivity contribution >= 4 is 14.4 Å². The van der Waals surface area contributed by atoms with Crippen molar-refractivity contribution in [1.29, 1.82) is 0 Å². The topological polar surface area (TPSA) is 96.6 Å². The maximum Gasteiger partial charge on any atom is 0.472 e. The van der Waals surface area contributed by atoms with Gasteiger partial charge in [-0.25, -0.2) is 0 Å². The van der Waals surface area contributed by atoms with Crippen molar-refractivity contribution in [2.24, 2.45) is 5.73 Å². The molecule has 0 aromatic carbocycles. The van der Waals surface area contributed by atoms with Crippen LogP contribution in [0.4, 0.5) is 13.2 Å². The minimum atomic E-state index is -4.99. The van der Waals surface area contributed by atoms with E-state index < -0.39 is 20.6 Å². The fourth-order valence-corrected chi connectivity index (χ4v) is 1.52. The highest BCUT2D eigenvalue weighted by Crippen LogP contribution is 2.25. The van der Waals surface area contributed by atoms with Crippen LogP contribution < -0.4 is 16.4 Å². The van der Waals surface area contributed by atoms with E-state index in [2.05, 4.69) is 0 Å². The molecule has 108 valence electrons. The van der Waals surface area contributed by atoms with Crippen LogP contribution >= 0.6 is 8.53 Å². The highest BCUT2D eigenvalue weighted by Gasteiger charge is 2.38. The van der Waals surface area contributed by atoms with Gasteiger partial charge in [0.05, 0.1) is 6.61 Å². The van der Waals surface area contributed by atoms with Gasteiger partial charge in [0.25, 0.3) is 8.53 Å². The zero-order valence-corrected chi connectivity index (χ0v) is 10.6. The Morgan fingerprint density at radius 2 is 1.89 bits per heavy atom. The fourth-order valence-electron chi connectivity index (χ4n) is 0.953. The van der Waals surface area contributed by atoms with E-state index in [1.54, 1.807) is 5.20 Å². The zero-order chi connectivity index (χ0) is 14.0. The number of hydrogen-bond acceptors (Lipinski definition) is 5. The molecule has 10 heteroatoms. The van der Waals surface area contributed by atoms with Crippen LogP contribution in [0.5, 0.6) is 0 Å². The average Bonchev–Trinajstić information content (AvgIpc) is 2.29. The molecule has 18 heavy (non-hydrogen) atoms. The van der Waals surface area contributed by atoms with E-state index in [1.807, 2.05) is 0 Å². The van der Waals surface area contributed by atoms with Gasteiger partial charge in [0.1, 0.15) is 0 Å². The van der Waals surface area contributed by atoms with Gasteiger partial charge in [-0.3, -0.25) is 10.2 Å². The van der Waals surface area contributed by atoms with Crippen LogP contribution in [0.25, 0.3) is 0 Å². The SMILES string of the molecule is NCCCCCCOP(O)NNC(=O)C(F)(F)F. The Bertz CT molecular complexity index is 243. The lowest BCUT2D eigenvalue weighted by molar-refractivity contribution is -0.174. The van der Waals surface area contributed by atoms with E-state index in [4.69, 9.17) is 15.2 Å². The van der Waals surface area contributed by atoms with E-state index in [9.17, 15) is 18.0 Å². The van der Waals surface area contributed by atoms with Gasteiger partial charge in [-0.2, -0.15) is 18.4 Å². The van der Waals surface area contributed by atoms with E-state index in [1.165, 1.54) is 5.43 Å². The van der Waals surface area contributed by atoms with E-state index in [0.717, 1.165) is 19.3 Å². The van der Waals surface area contributed by atoms with Crippen LogP contribution in [-0.2, 0) is 9.32 Å².